The smallest absolute Gasteiger partial charge is 0.126 e. The number of nitrogens with zero attached hydrogens (tertiary/aromatic N) is 1. The summed E-state index contributed by atoms with van der Waals surface area (Å²) in [5.74, 6) is 0.884. The Bertz CT molecular complexity index is 681. The van der Waals surface area contributed by atoms with Crippen LogP contribution in [0.1, 0.15) is 35.2 Å². The molecular formula is C16H15ClN2OS. The molecule has 0 saturated carbocycles. The number of rotatable bonds is 5. The van der Waals surface area contributed by atoms with Gasteiger partial charge in [-0.1, -0.05) is 11.6 Å². The number of hydrogen-bond donors (Lipinski definition) is 1. The molecule has 2 atom stereocenters. The Morgan fingerprint density at radius 1 is 1.19 bits per heavy atom. The summed E-state index contributed by atoms with van der Waals surface area (Å²) in [5.41, 5.74) is 1.18. The molecule has 3 rings (SSSR count). The van der Waals surface area contributed by atoms with Gasteiger partial charge < -0.3 is 4.42 Å². The number of halogens is 1. The lowest BCUT2D eigenvalue weighted by molar-refractivity contribution is 0.422. The molecule has 3 heterocycles. The van der Waals surface area contributed by atoms with E-state index in [-0.39, 0.29) is 12.1 Å². The second-order valence-electron chi connectivity index (χ2n) is 4.76. The van der Waals surface area contributed by atoms with Crippen LogP contribution in [0.3, 0.4) is 0 Å². The monoisotopic (exact) mass is 318 g/mol. The summed E-state index contributed by atoms with van der Waals surface area (Å²) in [5, 5.41) is 3.60. The van der Waals surface area contributed by atoms with Crippen molar-refractivity contribution in [3.8, 4) is 0 Å². The Labute approximate surface area is 132 Å². The van der Waals surface area contributed by atoms with Gasteiger partial charge >= 0.3 is 0 Å². The highest BCUT2D eigenvalue weighted by Gasteiger charge is 2.21. The molecule has 3 nitrogen and oxygen atoms in total. The third kappa shape index (κ3) is 3.35. The van der Waals surface area contributed by atoms with E-state index in [1.54, 1.807) is 30.0 Å². The number of hydrogen-bond acceptors (Lipinski definition) is 4. The Hall–Kier alpha value is -1.62. The minimum atomic E-state index is -0.0133. The maximum absolute atomic E-state index is 6.07. The summed E-state index contributed by atoms with van der Waals surface area (Å²) in [6, 6.07) is 12.0. The standard InChI is InChI=1S/C16H15ClN2OS/c1-11(12-6-8-18-9-7-12)19-16(13-3-2-10-20-13)14-4-5-15(17)21-14/h2-11,16,19H,1H3/t11-,16?/m1/s1. The van der Waals surface area contributed by atoms with Crippen molar-refractivity contribution < 1.29 is 4.42 Å². The molecule has 0 aliphatic rings. The summed E-state index contributed by atoms with van der Waals surface area (Å²) in [6.07, 6.45) is 5.30. The van der Waals surface area contributed by atoms with Crippen LogP contribution < -0.4 is 5.32 Å². The normalized spacial score (nSPS) is 14.0. The molecule has 0 bridgehead atoms. The van der Waals surface area contributed by atoms with E-state index in [4.69, 9.17) is 16.0 Å². The largest absolute Gasteiger partial charge is 0.467 e. The van der Waals surface area contributed by atoms with Crippen molar-refractivity contribution in [2.75, 3.05) is 0 Å². The Morgan fingerprint density at radius 2 is 2.00 bits per heavy atom. The first kappa shape index (κ1) is 14.3. The number of thiophene rings is 1. The first-order valence-corrected chi connectivity index (χ1v) is 7.88. The van der Waals surface area contributed by atoms with Crippen molar-refractivity contribution in [2.45, 2.75) is 19.0 Å². The molecule has 1 N–H and O–H groups in total. The highest BCUT2D eigenvalue weighted by Crippen LogP contribution is 2.33. The van der Waals surface area contributed by atoms with E-state index >= 15 is 0 Å². The van der Waals surface area contributed by atoms with Crippen LogP contribution in [0.25, 0.3) is 0 Å². The number of furan rings is 1. The van der Waals surface area contributed by atoms with Crippen molar-refractivity contribution >= 4 is 22.9 Å². The number of pyridine rings is 1. The van der Waals surface area contributed by atoms with Crippen molar-refractivity contribution in [3.63, 3.8) is 0 Å². The fraction of sp³-hybridized carbons (Fsp3) is 0.188. The fourth-order valence-corrected chi connectivity index (χ4v) is 3.37. The second-order valence-corrected chi connectivity index (χ2v) is 6.51. The predicted octanol–water partition coefficient (Wildman–Crippen LogP) is 4.83. The summed E-state index contributed by atoms with van der Waals surface area (Å²) in [6.45, 7) is 2.13. The zero-order chi connectivity index (χ0) is 14.7. The molecule has 0 amide bonds. The minimum absolute atomic E-state index is 0.0133. The second kappa shape index (κ2) is 6.43. The molecule has 0 aliphatic heterocycles. The lowest BCUT2D eigenvalue weighted by Crippen LogP contribution is -2.24. The Morgan fingerprint density at radius 3 is 2.62 bits per heavy atom. The van der Waals surface area contributed by atoms with E-state index in [0.717, 1.165) is 15.0 Å². The molecule has 0 fully saturated rings. The van der Waals surface area contributed by atoms with Gasteiger partial charge in [0.2, 0.25) is 0 Å². The van der Waals surface area contributed by atoms with Gasteiger partial charge in [-0.2, -0.15) is 0 Å². The van der Waals surface area contributed by atoms with Gasteiger partial charge in [0, 0.05) is 23.3 Å². The minimum Gasteiger partial charge on any atom is -0.467 e. The van der Waals surface area contributed by atoms with Gasteiger partial charge in [0.1, 0.15) is 11.8 Å². The van der Waals surface area contributed by atoms with Crippen LogP contribution in [-0.4, -0.2) is 4.98 Å². The van der Waals surface area contributed by atoms with Crippen LogP contribution in [0.4, 0.5) is 0 Å². The number of aromatic nitrogens is 1. The molecule has 3 aromatic heterocycles. The summed E-state index contributed by atoms with van der Waals surface area (Å²) < 4.78 is 6.36. The maximum atomic E-state index is 6.07. The Balaban J connectivity index is 1.86. The third-order valence-corrected chi connectivity index (χ3v) is 4.62. The van der Waals surface area contributed by atoms with Crippen LogP contribution in [0.5, 0.6) is 0 Å². The molecule has 0 saturated heterocycles. The third-order valence-electron chi connectivity index (χ3n) is 3.33. The molecule has 1 unspecified atom stereocenters. The van der Waals surface area contributed by atoms with Crippen LogP contribution in [0, 0.1) is 0 Å². The molecule has 0 aliphatic carbocycles. The average molecular weight is 319 g/mol. The molecule has 0 spiro atoms. The van der Waals surface area contributed by atoms with E-state index in [0.29, 0.717) is 0 Å². The predicted molar refractivity (Wildman–Crippen MR) is 85.7 cm³/mol. The van der Waals surface area contributed by atoms with Crippen molar-refractivity contribution in [1.82, 2.24) is 10.3 Å². The van der Waals surface area contributed by atoms with E-state index in [1.165, 1.54) is 5.56 Å². The number of nitrogens with one attached hydrogen (secondary N) is 1. The average Bonchev–Trinajstić information content (AvgIpc) is 3.17. The van der Waals surface area contributed by atoms with E-state index in [2.05, 4.69) is 17.2 Å². The van der Waals surface area contributed by atoms with Gasteiger partial charge in [-0.15, -0.1) is 11.3 Å². The SMILES string of the molecule is C[C@@H](NC(c1ccco1)c1ccc(Cl)s1)c1ccncc1. The molecule has 0 aromatic carbocycles. The molecule has 21 heavy (non-hydrogen) atoms. The van der Waals surface area contributed by atoms with Crippen molar-refractivity contribution in [1.29, 1.82) is 0 Å². The summed E-state index contributed by atoms with van der Waals surface area (Å²) in [7, 11) is 0. The molecule has 0 radical (unpaired) electrons. The zero-order valence-corrected chi connectivity index (χ0v) is 13.1. The van der Waals surface area contributed by atoms with Gasteiger partial charge in [-0.3, -0.25) is 10.3 Å². The summed E-state index contributed by atoms with van der Waals surface area (Å²) in [4.78, 5) is 5.19. The lowest BCUT2D eigenvalue weighted by atomic mass is 10.1. The lowest BCUT2D eigenvalue weighted by Gasteiger charge is -2.21. The molecule has 5 heteroatoms. The van der Waals surface area contributed by atoms with E-state index in [9.17, 15) is 0 Å². The molecule has 108 valence electrons. The van der Waals surface area contributed by atoms with Gasteiger partial charge in [0.05, 0.1) is 10.6 Å². The Kier molecular flexibility index (Phi) is 4.39. The topological polar surface area (TPSA) is 38.1 Å². The van der Waals surface area contributed by atoms with Crippen LogP contribution >= 0.6 is 22.9 Å². The first-order valence-electron chi connectivity index (χ1n) is 6.68. The van der Waals surface area contributed by atoms with E-state index < -0.39 is 0 Å². The fourth-order valence-electron chi connectivity index (χ4n) is 2.24. The highest BCUT2D eigenvalue weighted by molar-refractivity contribution is 7.16. The maximum Gasteiger partial charge on any atom is 0.126 e. The zero-order valence-electron chi connectivity index (χ0n) is 11.5. The van der Waals surface area contributed by atoms with Crippen LogP contribution in [0.2, 0.25) is 4.34 Å². The van der Waals surface area contributed by atoms with Gasteiger partial charge in [-0.25, -0.2) is 0 Å². The van der Waals surface area contributed by atoms with Crippen LogP contribution in [-0.2, 0) is 0 Å². The molecule has 3 aromatic rings. The van der Waals surface area contributed by atoms with Gasteiger partial charge in [0.25, 0.3) is 0 Å². The highest BCUT2D eigenvalue weighted by atomic mass is 35.5. The van der Waals surface area contributed by atoms with Crippen molar-refractivity contribution in [3.05, 3.63) is 75.6 Å². The summed E-state index contributed by atoms with van der Waals surface area (Å²) >= 11 is 7.63. The van der Waals surface area contributed by atoms with Gasteiger partial charge in [-0.05, 0) is 48.9 Å². The van der Waals surface area contributed by atoms with E-state index in [1.807, 2.05) is 36.4 Å². The van der Waals surface area contributed by atoms with Crippen molar-refractivity contribution in [2.24, 2.45) is 0 Å². The first-order chi connectivity index (χ1) is 10.2. The van der Waals surface area contributed by atoms with Crippen LogP contribution in [0.15, 0.2) is 59.5 Å². The van der Waals surface area contributed by atoms with Gasteiger partial charge in [0.15, 0.2) is 0 Å². The molecular weight excluding hydrogens is 304 g/mol. The quantitative estimate of drug-likeness (QED) is 0.732.